The molecule has 0 bridgehead atoms. The number of ether oxygens (including phenoxy) is 1. The normalized spacial score (nSPS) is 10.8. The molecule has 0 saturated carbocycles. The maximum atomic E-state index is 12.6. The van der Waals surface area contributed by atoms with Gasteiger partial charge >= 0.3 is 0 Å². The highest BCUT2D eigenvalue weighted by molar-refractivity contribution is 6.30. The molecule has 0 unspecified atom stereocenters. The van der Waals surface area contributed by atoms with E-state index in [0.717, 1.165) is 16.9 Å². The zero-order valence-corrected chi connectivity index (χ0v) is 16.6. The van der Waals surface area contributed by atoms with Gasteiger partial charge in [0.05, 0.1) is 19.4 Å². The molecule has 0 spiro atoms. The van der Waals surface area contributed by atoms with Gasteiger partial charge in [-0.2, -0.15) is 5.10 Å². The van der Waals surface area contributed by atoms with E-state index in [4.69, 9.17) is 16.3 Å². The number of nitrogens with one attached hydrogen (secondary N) is 1. The van der Waals surface area contributed by atoms with Gasteiger partial charge in [0.25, 0.3) is 11.5 Å². The number of rotatable bonds is 7. The number of halogens is 1. The summed E-state index contributed by atoms with van der Waals surface area (Å²) in [4.78, 5) is 25.0. The SMILES string of the molecule is CCOc1ccc(/C=N\NC(=O)c2cccn(Cc3ccc(Cl)cc3)c2=O)cc1. The maximum absolute atomic E-state index is 12.6. The Labute approximate surface area is 173 Å². The van der Waals surface area contributed by atoms with Crippen molar-refractivity contribution in [3.8, 4) is 5.75 Å². The van der Waals surface area contributed by atoms with Crippen LogP contribution in [0.4, 0.5) is 0 Å². The number of hydrogen-bond acceptors (Lipinski definition) is 4. The van der Waals surface area contributed by atoms with Crippen molar-refractivity contribution in [1.29, 1.82) is 0 Å². The van der Waals surface area contributed by atoms with E-state index in [2.05, 4.69) is 10.5 Å². The van der Waals surface area contributed by atoms with Crippen LogP contribution in [0.2, 0.25) is 5.02 Å². The molecule has 0 aliphatic carbocycles. The molecule has 6 nitrogen and oxygen atoms in total. The summed E-state index contributed by atoms with van der Waals surface area (Å²) in [5.41, 5.74) is 3.72. The van der Waals surface area contributed by atoms with E-state index in [9.17, 15) is 9.59 Å². The molecule has 1 heterocycles. The quantitative estimate of drug-likeness (QED) is 0.477. The first-order chi connectivity index (χ1) is 14.1. The summed E-state index contributed by atoms with van der Waals surface area (Å²) in [6, 6.07) is 17.6. The molecule has 148 valence electrons. The summed E-state index contributed by atoms with van der Waals surface area (Å²) < 4.78 is 6.84. The molecule has 7 heteroatoms. The van der Waals surface area contributed by atoms with Crippen LogP contribution in [0.15, 0.2) is 76.8 Å². The number of hydrogen-bond donors (Lipinski definition) is 1. The summed E-state index contributed by atoms with van der Waals surface area (Å²) in [6.07, 6.45) is 3.14. The second kappa shape index (κ2) is 9.71. The summed E-state index contributed by atoms with van der Waals surface area (Å²) in [6.45, 7) is 2.85. The highest BCUT2D eigenvalue weighted by Crippen LogP contribution is 2.11. The van der Waals surface area contributed by atoms with E-state index in [1.54, 1.807) is 24.4 Å². The molecule has 0 atom stereocenters. The van der Waals surface area contributed by atoms with Crippen molar-refractivity contribution >= 4 is 23.7 Å². The Bertz CT molecular complexity index is 1060. The second-order valence-corrected chi connectivity index (χ2v) is 6.62. The fourth-order valence-electron chi connectivity index (χ4n) is 2.66. The third kappa shape index (κ3) is 5.56. The molecule has 1 aromatic heterocycles. The number of carbonyl (C=O) groups excluding carboxylic acids is 1. The molecular weight excluding hydrogens is 390 g/mol. The lowest BCUT2D eigenvalue weighted by Crippen LogP contribution is -2.30. The van der Waals surface area contributed by atoms with Crippen molar-refractivity contribution < 1.29 is 9.53 Å². The molecule has 0 aliphatic heterocycles. The lowest BCUT2D eigenvalue weighted by atomic mass is 10.2. The number of pyridine rings is 1. The molecular formula is C22H20ClN3O3. The van der Waals surface area contributed by atoms with Crippen LogP contribution in [0.25, 0.3) is 0 Å². The zero-order chi connectivity index (χ0) is 20.6. The number of carbonyl (C=O) groups is 1. The minimum Gasteiger partial charge on any atom is -0.494 e. The van der Waals surface area contributed by atoms with Crippen molar-refractivity contribution in [2.24, 2.45) is 5.10 Å². The predicted molar refractivity (Wildman–Crippen MR) is 114 cm³/mol. The largest absolute Gasteiger partial charge is 0.494 e. The molecule has 3 aromatic rings. The molecule has 2 aromatic carbocycles. The number of amides is 1. The van der Waals surface area contributed by atoms with Crippen LogP contribution in [-0.4, -0.2) is 23.3 Å². The van der Waals surface area contributed by atoms with Gasteiger partial charge in [-0.1, -0.05) is 23.7 Å². The average Bonchev–Trinajstić information content (AvgIpc) is 2.72. The van der Waals surface area contributed by atoms with E-state index < -0.39 is 11.5 Å². The second-order valence-electron chi connectivity index (χ2n) is 6.18. The van der Waals surface area contributed by atoms with Crippen molar-refractivity contribution in [3.05, 3.63) is 98.9 Å². The molecule has 0 saturated heterocycles. The zero-order valence-electron chi connectivity index (χ0n) is 15.8. The van der Waals surface area contributed by atoms with Crippen molar-refractivity contribution in [2.45, 2.75) is 13.5 Å². The number of benzene rings is 2. The van der Waals surface area contributed by atoms with Gasteiger partial charge in [0.2, 0.25) is 0 Å². The van der Waals surface area contributed by atoms with E-state index in [-0.39, 0.29) is 5.56 Å². The van der Waals surface area contributed by atoms with Gasteiger partial charge in [-0.15, -0.1) is 0 Å². The first kappa shape index (κ1) is 20.4. The Balaban J connectivity index is 1.67. The molecule has 0 radical (unpaired) electrons. The van der Waals surface area contributed by atoms with Crippen LogP contribution in [0.5, 0.6) is 5.75 Å². The van der Waals surface area contributed by atoms with Gasteiger partial charge in [-0.05, 0) is 66.6 Å². The Hall–Kier alpha value is -3.38. The number of nitrogens with zero attached hydrogens (tertiary/aromatic N) is 2. The smallest absolute Gasteiger partial charge is 0.276 e. The maximum Gasteiger partial charge on any atom is 0.276 e. The predicted octanol–water partition coefficient (Wildman–Crippen LogP) is 3.71. The van der Waals surface area contributed by atoms with Gasteiger partial charge in [0, 0.05) is 11.2 Å². The van der Waals surface area contributed by atoms with Crippen molar-refractivity contribution in [1.82, 2.24) is 9.99 Å². The third-order valence-corrected chi connectivity index (χ3v) is 4.35. The first-order valence-electron chi connectivity index (χ1n) is 9.07. The Kier molecular flexibility index (Phi) is 6.81. The van der Waals surface area contributed by atoms with Crippen molar-refractivity contribution in [3.63, 3.8) is 0 Å². The summed E-state index contributed by atoms with van der Waals surface area (Å²) in [5.74, 6) is 0.196. The Morgan fingerprint density at radius 1 is 1.14 bits per heavy atom. The molecule has 0 fully saturated rings. The van der Waals surface area contributed by atoms with Gasteiger partial charge < -0.3 is 9.30 Å². The van der Waals surface area contributed by atoms with E-state index in [1.165, 1.54) is 16.8 Å². The summed E-state index contributed by atoms with van der Waals surface area (Å²) in [5, 5.41) is 4.55. The van der Waals surface area contributed by atoms with Gasteiger partial charge in [-0.3, -0.25) is 9.59 Å². The van der Waals surface area contributed by atoms with E-state index >= 15 is 0 Å². The van der Waals surface area contributed by atoms with Gasteiger partial charge in [0.15, 0.2) is 0 Å². The molecule has 1 N–H and O–H groups in total. The van der Waals surface area contributed by atoms with Crippen LogP contribution in [0.1, 0.15) is 28.4 Å². The minimum atomic E-state index is -0.567. The third-order valence-electron chi connectivity index (χ3n) is 4.10. The van der Waals surface area contributed by atoms with E-state index in [1.807, 2.05) is 43.3 Å². The highest BCUT2D eigenvalue weighted by atomic mass is 35.5. The summed E-state index contributed by atoms with van der Waals surface area (Å²) >= 11 is 5.89. The van der Waals surface area contributed by atoms with E-state index in [0.29, 0.717) is 18.2 Å². The fraction of sp³-hybridized carbons (Fsp3) is 0.136. The Morgan fingerprint density at radius 3 is 2.55 bits per heavy atom. The monoisotopic (exact) mass is 409 g/mol. The average molecular weight is 410 g/mol. The number of hydrazone groups is 1. The standard InChI is InChI=1S/C22H20ClN3O3/c1-2-29-19-11-7-16(8-12-19)14-24-25-21(27)20-4-3-13-26(22(20)28)15-17-5-9-18(23)10-6-17/h3-14H,2,15H2,1H3,(H,25,27)/b24-14-. The van der Waals surface area contributed by atoms with Crippen LogP contribution in [-0.2, 0) is 6.54 Å². The molecule has 29 heavy (non-hydrogen) atoms. The van der Waals surface area contributed by atoms with Crippen LogP contribution < -0.4 is 15.7 Å². The molecule has 0 aliphatic rings. The lowest BCUT2D eigenvalue weighted by Gasteiger charge is -2.08. The molecule has 3 rings (SSSR count). The van der Waals surface area contributed by atoms with Gasteiger partial charge in [0.1, 0.15) is 11.3 Å². The van der Waals surface area contributed by atoms with Crippen LogP contribution in [0.3, 0.4) is 0 Å². The van der Waals surface area contributed by atoms with Crippen LogP contribution in [0, 0.1) is 0 Å². The number of aromatic nitrogens is 1. The van der Waals surface area contributed by atoms with Gasteiger partial charge in [-0.25, -0.2) is 5.43 Å². The summed E-state index contributed by atoms with van der Waals surface area (Å²) in [7, 11) is 0. The topological polar surface area (TPSA) is 72.7 Å². The lowest BCUT2D eigenvalue weighted by molar-refractivity contribution is 0.0953. The minimum absolute atomic E-state index is 0.0188. The highest BCUT2D eigenvalue weighted by Gasteiger charge is 2.11. The van der Waals surface area contributed by atoms with Crippen molar-refractivity contribution in [2.75, 3.05) is 6.61 Å². The van der Waals surface area contributed by atoms with Crippen LogP contribution >= 0.6 is 11.6 Å². The Morgan fingerprint density at radius 2 is 1.86 bits per heavy atom. The fourth-order valence-corrected chi connectivity index (χ4v) is 2.79. The first-order valence-corrected chi connectivity index (χ1v) is 9.45. The molecule has 1 amide bonds.